The summed E-state index contributed by atoms with van der Waals surface area (Å²) in [5, 5.41) is 0. The molecule has 1 unspecified atom stereocenters. The molecule has 1 aliphatic heterocycles. The zero-order valence-electron chi connectivity index (χ0n) is 10.1. The number of ketones is 1. The van der Waals surface area contributed by atoms with Gasteiger partial charge in [0.1, 0.15) is 12.4 Å². The van der Waals surface area contributed by atoms with E-state index in [1.54, 1.807) is 12.4 Å². The molecule has 1 aromatic carbocycles. The lowest BCUT2D eigenvalue weighted by molar-refractivity contribution is 0.0896. The number of hydrogen-bond acceptors (Lipinski definition) is 3. The molecule has 0 bridgehead atoms. The van der Waals surface area contributed by atoms with Crippen LogP contribution in [0.1, 0.15) is 27.4 Å². The summed E-state index contributed by atoms with van der Waals surface area (Å²) in [7, 11) is 0. The molecule has 90 valence electrons. The minimum Gasteiger partial charge on any atom is -0.492 e. The highest BCUT2D eigenvalue weighted by Crippen LogP contribution is 2.32. The van der Waals surface area contributed by atoms with Crippen molar-refractivity contribution >= 4 is 5.78 Å². The van der Waals surface area contributed by atoms with Crippen molar-refractivity contribution in [2.24, 2.45) is 0 Å². The van der Waals surface area contributed by atoms with Gasteiger partial charge in [0, 0.05) is 12.4 Å². The number of ether oxygens (including phenoxy) is 1. The number of nitrogens with zero attached hydrogens (tertiary/aromatic N) is 1. The fourth-order valence-electron chi connectivity index (χ4n) is 2.22. The quantitative estimate of drug-likeness (QED) is 0.768. The van der Waals surface area contributed by atoms with Crippen LogP contribution in [0.2, 0.25) is 0 Å². The van der Waals surface area contributed by atoms with Crippen LogP contribution in [0.25, 0.3) is 0 Å². The molecule has 1 aliphatic rings. The molecule has 3 heteroatoms. The number of hydrogen-bond donors (Lipinski definition) is 0. The SMILES string of the molecule is Cc1ccc2c(c1)OCC(c1cccnc1)C2=O. The number of benzene rings is 1. The summed E-state index contributed by atoms with van der Waals surface area (Å²) < 4.78 is 5.69. The fourth-order valence-corrected chi connectivity index (χ4v) is 2.22. The Hall–Kier alpha value is -2.16. The number of aromatic nitrogens is 1. The first-order valence-electron chi connectivity index (χ1n) is 5.93. The van der Waals surface area contributed by atoms with Crippen molar-refractivity contribution in [1.82, 2.24) is 4.98 Å². The molecular formula is C15H13NO2. The molecule has 1 aromatic heterocycles. The van der Waals surface area contributed by atoms with Gasteiger partial charge in [-0.1, -0.05) is 12.1 Å². The van der Waals surface area contributed by atoms with Crippen molar-refractivity contribution in [1.29, 1.82) is 0 Å². The zero-order chi connectivity index (χ0) is 12.5. The lowest BCUT2D eigenvalue weighted by Gasteiger charge is -2.24. The van der Waals surface area contributed by atoms with Gasteiger partial charge in [0.05, 0.1) is 11.5 Å². The zero-order valence-corrected chi connectivity index (χ0v) is 10.1. The summed E-state index contributed by atoms with van der Waals surface area (Å²) in [6.45, 7) is 2.38. The molecule has 0 N–H and O–H groups in total. The van der Waals surface area contributed by atoms with Gasteiger partial charge in [-0.05, 0) is 36.2 Å². The second-order valence-electron chi connectivity index (χ2n) is 4.51. The van der Waals surface area contributed by atoms with Gasteiger partial charge in [-0.2, -0.15) is 0 Å². The minimum absolute atomic E-state index is 0.115. The summed E-state index contributed by atoms with van der Waals surface area (Å²) in [6, 6.07) is 9.44. The topological polar surface area (TPSA) is 39.2 Å². The van der Waals surface area contributed by atoms with Gasteiger partial charge in [0.15, 0.2) is 5.78 Å². The Morgan fingerprint density at radius 1 is 1.33 bits per heavy atom. The summed E-state index contributed by atoms with van der Waals surface area (Å²) in [5.41, 5.74) is 2.68. The van der Waals surface area contributed by atoms with E-state index in [1.807, 2.05) is 37.3 Å². The number of aryl methyl sites for hydroxylation is 1. The Kier molecular flexibility index (Phi) is 2.59. The second-order valence-corrected chi connectivity index (χ2v) is 4.51. The molecule has 18 heavy (non-hydrogen) atoms. The van der Waals surface area contributed by atoms with Crippen LogP contribution in [0, 0.1) is 6.92 Å². The number of fused-ring (bicyclic) bond motifs is 1. The standard InChI is InChI=1S/C15H13NO2/c1-10-4-5-12-14(7-10)18-9-13(15(12)17)11-3-2-6-16-8-11/h2-8,13H,9H2,1H3. The highest BCUT2D eigenvalue weighted by molar-refractivity contribution is 6.04. The first-order chi connectivity index (χ1) is 8.75. The van der Waals surface area contributed by atoms with E-state index in [4.69, 9.17) is 4.74 Å². The van der Waals surface area contributed by atoms with Crippen LogP contribution in [-0.2, 0) is 0 Å². The summed E-state index contributed by atoms with van der Waals surface area (Å²) in [5.74, 6) is 0.568. The highest BCUT2D eigenvalue weighted by Gasteiger charge is 2.30. The average Bonchev–Trinajstić information content (AvgIpc) is 2.40. The Balaban J connectivity index is 2.00. The molecule has 1 atom stereocenters. The molecule has 0 saturated carbocycles. The van der Waals surface area contributed by atoms with Crippen molar-refractivity contribution < 1.29 is 9.53 Å². The van der Waals surface area contributed by atoms with Crippen LogP contribution in [0.4, 0.5) is 0 Å². The Bertz CT molecular complexity index is 593. The molecule has 2 aromatic rings. The van der Waals surface area contributed by atoms with Crippen molar-refractivity contribution in [2.75, 3.05) is 6.61 Å². The van der Waals surface area contributed by atoms with Crippen LogP contribution >= 0.6 is 0 Å². The largest absolute Gasteiger partial charge is 0.492 e. The van der Waals surface area contributed by atoms with E-state index in [2.05, 4.69) is 4.98 Å². The van der Waals surface area contributed by atoms with Crippen LogP contribution < -0.4 is 4.74 Å². The van der Waals surface area contributed by atoms with E-state index in [9.17, 15) is 4.79 Å². The van der Waals surface area contributed by atoms with Crippen molar-refractivity contribution in [3.05, 3.63) is 59.4 Å². The molecule has 0 amide bonds. The molecule has 0 spiro atoms. The van der Waals surface area contributed by atoms with E-state index < -0.39 is 0 Å². The molecule has 0 radical (unpaired) electrons. The molecule has 0 saturated heterocycles. The van der Waals surface area contributed by atoms with Gasteiger partial charge < -0.3 is 4.74 Å². The molecule has 0 fully saturated rings. The molecule has 3 nitrogen and oxygen atoms in total. The maximum Gasteiger partial charge on any atom is 0.177 e. The first kappa shape index (κ1) is 11.0. The molecular weight excluding hydrogens is 226 g/mol. The Morgan fingerprint density at radius 2 is 2.22 bits per heavy atom. The molecule has 2 heterocycles. The number of pyridine rings is 1. The van der Waals surface area contributed by atoms with Gasteiger partial charge in [0.25, 0.3) is 0 Å². The van der Waals surface area contributed by atoms with Crippen molar-refractivity contribution in [3.8, 4) is 5.75 Å². The van der Waals surface area contributed by atoms with E-state index in [0.717, 1.165) is 11.1 Å². The molecule has 3 rings (SSSR count). The lowest BCUT2D eigenvalue weighted by Crippen LogP contribution is -2.26. The van der Waals surface area contributed by atoms with Crippen molar-refractivity contribution in [2.45, 2.75) is 12.8 Å². The Labute approximate surface area is 105 Å². The van der Waals surface area contributed by atoms with Gasteiger partial charge in [-0.15, -0.1) is 0 Å². The number of carbonyl (C=O) groups is 1. The smallest absolute Gasteiger partial charge is 0.177 e. The minimum atomic E-state index is -0.242. The summed E-state index contributed by atoms with van der Waals surface area (Å²) >= 11 is 0. The second kappa shape index (κ2) is 4.26. The lowest BCUT2D eigenvalue weighted by atomic mass is 9.89. The summed E-state index contributed by atoms with van der Waals surface area (Å²) in [4.78, 5) is 16.5. The fraction of sp³-hybridized carbons (Fsp3) is 0.200. The van der Waals surface area contributed by atoms with E-state index in [-0.39, 0.29) is 11.7 Å². The van der Waals surface area contributed by atoms with Gasteiger partial charge in [-0.3, -0.25) is 9.78 Å². The number of Topliss-reactive ketones (excluding diaryl/α,β-unsaturated/α-hetero) is 1. The number of carbonyl (C=O) groups excluding carboxylic acids is 1. The van der Waals surface area contributed by atoms with Gasteiger partial charge in [-0.25, -0.2) is 0 Å². The van der Waals surface area contributed by atoms with E-state index in [1.165, 1.54) is 0 Å². The summed E-state index contributed by atoms with van der Waals surface area (Å²) in [6.07, 6.45) is 3.43. The van der Waals surface area contributed by atoms with E-state index >= 15 is 0 Å². The third kappa shape index (κ3) is 1.78. The van der Waals surface area contributed by atoms with Crippen LogP contribution in [0.5, 0.6) is 5.75 Å². The third-order valence-electron chi connectivity index (χ3n) is 3.21. The predicted octanol–water partition coefficient (Wildman–Crippen LogP) is 2.75. The highest BCUT2D eigenvalue weighted by atomic mass is 16.5. The molecule has 0 aliphatic carbocycles. The van der Waals surface area contributed by atoms with E-state index in [0.29, 0.717) is 17.9 Å². The monoisotopic (exact) mass is 239 g/mol. The van der Waals surface area contributed by atoms with Gasteiger partial charge in [0.2, 0.25) is 0 Å². The third-order valence-corrected chi connectivity index (χ3v) is 3.21. The van der Waals surface area contributed by atoms with Gasteiger partial charge >= 0.3 is 0 Å². The first-order valence-corrected chi connectivity index (χ1v) is 5.93. The van der Waals surface area contributed by atoms with Crippen LogP contribution in [0.15, 0.2) is 42.7 Å². The normalized spacial score (nSPS) is 18.1. The Morgan fingerprint density at radius 3 is 3.00 bits per heavy atom. The number of rotatable bonds is 1. The van der Waals surface area contributed by atoms with Crippen molar-refractivity contribution in [3.63, 3.8) is 0 Å². The van der Waals surface area contributed by atoms with Crippen LogP contribution in [-0.4, -0.2) is 17.4 Å². The maximum atomic E-state index is 12.4. The maximum absolute atomic E-state index is 12.4. The van der Waals surface area contributed by atoms with Crippen LogP contribution in [0.3, 0.4) is 0 Å². The predicted molar refractivity (Wildman–Crippen MR) is 68.0 cm³/mol. The average molecular weight is 239 g/mol.